The van der Waals surface area contributed by atoms with Gasteiger partial charge in [0.05, 0.1) is 6.10 Å². The second-order valence-electron chi connectivity index (χ2n) is 22.2. The SMILES string of the molecule is CCCCCCCC/C=C\CCCCCCCCCC(=O)OCC1OC(OC2CCC3(C)C(=CCC4C3CCC3(C)C(C(C)CCC(CC)C(C)C)CCC43)C2)C(O)C(O)C1O. The highest BCUT2D eigenvalue weighted by atomic mass is 16.7. The lowest BCUT2D eigenvalue weighted by Gasteiger charge is -2.58. The Bertz CT molecular complexity index is 1360. The van der Waals surface area contributed by atoms with Gasteiger partial charge in [0.25, 0.3) is 0 Å². The number of aliphatic hydroxyl groups excluding tert-OH is 3. The van der Waals surface area contributed by atoms with Crippen LogP contribution in [-0.4, -0.2) is 64.7 Å². The van der Waals surface area contributed by atoms with Gasteiger partial charge in [-0.05, 0) is 142 Å². The minimum Gasteiger partial charge on any atom is -0.463 e. The van der Waals surface area contributed by atoms with Crippen LogP contribution in [0.3, 0.4) is 0 Å². The highest BCUT2D eigenvalue weighted by Gasteiger charge is 2.59. The molecule has 1 heterocycles. The first-order chi connectivity index (χ1) is 29.8. The second-order valence-corrected chi connectivity index (χ2v) is 22.2. The van der Waals surface area contributed by atoms with Gasteiger partial charge in [-0.1, -0.05) is 149 Å². The van der Waals surface area contributed by atoms with E-state index >= 15 is 0 Å². The van der Waals surface area contributed by atoms with Crippen LogP contribution in [0.5, 0.6) is 0 Å². The Hall–Kier alpha value is -1.25. The lowest BCUT2D eigenvalue weighted by Crippen LogP contribution is -2.60. The van der Waals surface area contributed by atoms with E-state index in [1.54, 1.807) is 0 Å². The molecule has 4 aliphatic carbocycles. The number of carbonyl (C=O) groups excluding carboxylic acids is 1. The molecular formula is C55H96O7. The van der Waals surface area contributed by atoms with Crippen LogP contribution >= 0.6 is 0 Å². The van der Waals surface area contributed by atoms with E-state index in [1.807, 2.05) is 0 Å². The number of unbranched alkanes of at least 4 members (excludes halogenated alkanes) is 13. The lowest BCUT2D eigenvalue weighted by molar-refractivity contribution is -0.313. The third kappa shape index (κ3) is 13.7. The molecule has 0 aromatic rings. The van der Waals surface area contributed by atoms with Crippen molar-refractivity contribution in [3.8, 4) is 0 Å². The summed E-state index contributed by atoms with van der Waals surface area (Å²) in [4.78, 5) is 12.6. The molecule has 3 saturated carbocycles. The van der Waals surface area contributed by atoms with Crippen molar-refractivity contribution in [3.63, 3.8) is 0 Å². The van der Waals surface area contributed by atoms with Crippen LogP contribution in [0.1, 0.15) is 222 Å². The van der Waals surface area contributed by atoms with Gasteiger partial charge in [0.2, 0.25) is 0 Å². The maximum atomic E-state index is 12.6. The highest BCUT2D eigenvalue weighted by molar-refractivity contribution is 5.69. The summed E-state index contributed by atoms with van der Waals surface area (Å²) in [5, 5.41) is 32.6. The Morgan fingerprint density at radius 1 is 0.790 bits per heavy atom. The van der Waals surface area contributed by atoms with E-state index in [0.29, 0.717) is 17.8 Å². The fourth-order valence-electron chi connectivity index (χ4n) is 13.7. The molecule has 1 aliphatic heterocycles. The van der Waals surface area contributed by atoms with Crippen molar-refractivity contribution in [2.45, 2.75) is 259 Å². The molecule has 7 heteroatoms. The highest BCUT2D eigenvalue weighted by Crippen LogP contribution is 2.67. The maximum absolute atomic E-state index is 12.6. The molecule has 0 spiro atoms. The van der Waals surface area contributed by atoms with E-state index in [0.717, 1.165) is 80.5 Å². The summed E-state index contributed by atoms with van der Waals surface area (Å²) in [6, 6.07) is 0. The van der Waals surface area contributed by atoms with Gasteiger partial charge in [-0.15, -0.1) is 0 Å². The van der Waals surface area contributed by atoms with Crippen molar-refractivity contribution in [1.82, 2.24) is 0 Å². The molecule has 14 unspecified atom stereocenters. The molecule has 5 aliphatic rings. The summed E-state index contributed by atoms with van der Waals surface area (Å²) in [6.07, 6.45) is 33.0. The molecular weight excluding hydrogens is 773 g/mol. The van der Waals surface area contributed by atoms with Crippen molar-refractivity contribution < 1.29 is 34.3 Å². The molecule has 3 N–H and O–H groups in total. The Morgan fingerprint density at radius 2 is 1.45 bits per heavy atom. The molecule has 4 fully saturated rings. The molecule has 0 bridgehead atoms. The zero-order valence-electron chi connectivity index (χ0n) is 41.0. The van der Waals surface area contributed by atoms with E-state index in [9.17, 15) is 20.1 Å². The van der Waals surface area contributed by atoms with Crippen LogP contribution in [0.4, 0.5) is 0 Å². The molecule has 14 atom stereocenters. The molecule has 0 aromatic heterocycles. The van der Waals surface area contributed by atoms with Crippen LogP contribution in [0.25, 0.3) is 0 Å². The van der Waals surface area contributed by atoms with Crippen molar-refractivity contribution in [2.24, 2.45) is 52.3 Å². The van der Waals surface area contributed by atoms with Crippen LogP contribution < -0.4 is 0 Å². The van der Waals surface area contributed by atoms with E-state index in [4.69, 9.17) is 14.2 Å². The van der Waals surface area contributed by atoms with Gasteiger partial charge < -0.3 is 29.5 Å². The van der Waals surface area contributed by atoms with E-state index in [-0.39, 0.29) is 24.1 Å². The number of carbonyl (C=O) groups is 1. The third-order valence-corrected chi connectivity index (χ3v) is 17.8. The van der Waals surface area contributed by atoms with Gasteiger partial charge in [-0.25, -0.2) is 0 Å². The predicted octanol–water partition coefficient (Wildman–Crippen LogP) is 13.2. The fourth-order valence-corrected chi connectivity index (χ4v) is 13.7. The average Bonchev–Trinajstić information content (AvgIpc) is 3.62. The lowest BCUT2D eigenvalue weighted by atomic mass is 9.47. The monoisotopic (exact) mass is 869 g/mol. The fraction of sp³-hybridized carbons (Fsp3) is 0.909. The van der Waals surface area contributed by atoms with Crippen LogP contribution in [0.15, 0.2) is 23.8 Å². The first kappa shape index (κ1) is 51.7. The van der Waals surface area contributed by atoms with Crippen molar-refractivity contribution in [1.29, 1.82) is 0 Å². The number of fused-ring (bicyclic) bond motifs is 5. The molecule has 0 radical (unpaired) electrons. The molecule has 62 heavy (non-hydrogen) atoms. The first-order valence-corrected chi connectivity index (χ1v) is 26.7. The van der Waals surface area contributed by atoms with E-state index < -0.39 is 30.7 Å². The zero-order chi connectivity index (χ0) is 44.7. The van der Waals surface area contributed by atoms with Gasteiger partial charge in [-0.2, -0.15) is 0 Å². The standard InChI is InChI=1S/C55H96O7/c1-8-10-11-12-13-14-15-16-17-18-19-20-21-22-23-24-25-26-49(56)60-38-48-50(57)51(58)52(59)53(62-48)61-43-33-35-54(6)42(37-43)29-30-44-46-32-31-45(55(46,7)36-34-47(44)54)40(5)27-28-41(9-2)39(3)4/h16-17,29,39-41,43-48,50-53,57-59H,8-15,18-28,30-38H2,1-7H3/b17-16-. The van der Waals surface area contributed by atoms with Crippen molar-refractivity contribution >= 4 is 5.97 Å². The van der Waals surface area contributed by atoms with Gasteiger partial charge in [0.15, 0.2) is 6.29 Å². The smallest absolute Gasteiger partial charge is 0.305 e. The van der Waals surface area contributed by atoms with E-state index in [2.05, 4.69) is 66.7 Å². The summed E-state index contributed by atoms with van der Waals surface area (Å²) in [6.45, 7) is 17.0. The number of ether oxygens (including phenoxy) is 3. The molecule has 0 aromatic carbocycles. The Kier molecular flexibility index (Phi) is 21.4. The third-order valence-electron chi connectivity index (χ3n) is 17.8. The van der Waals surface area contributed by atoms with Gasteiger partial charge >= 0.3 is 5.97 Å². The van der Waals surface area contributed by atoms with Crippen LogP contribution in [0.2, 0.25) is 0 Å². The number of hydrogen-bond acceptors (Lipinski definition) is 7. The molecule has 1 saturated heterocycles. The summed E-state index contributed by atoms with van der Waals surface area (Å²) in [7, 11) is 0. The minimum absolute atomic E-state index is 0.143. The minimum atomic E-state index is -1.44. The van der Waals surface area contributed by atoms with Crippen molar-refractivity contribution in [3.05, 3.63) is 23.8 Å². The van der Waals surface area contributed by atoms with Crippen LogP contribution in [0, 0.1) is 52.3 Å². The summed E-state index contributed by atoms with van der Waals surface area (Å²) < 4.78 is 18.1. The van der Waals surface area contributed by atoms with Gasteiger partial charge in [0.1, 0.15) is 31.0 Å². The van der Waals surface area contributed by atoms with Gasteiger partial charge in [-0.3, -0.25) is 4.79 Å². The number of rotatable bonds is 27. The van der Waals surface area contributed by atoms with Crippen molar-refractivity contribution in [2.75, 3.05) is 6.61 Å². The Morgan fingerprint density at radius 3 is 2.11 bits per heavy atom. The average molecular weight is 869 g/mol. The van der Waals surface area contributed by atoms with Gasteiger partial charge in [0, 0.05) is 6.42 Å². The van der Waals surface area contributed by atoms with Crippen LogP contribution in [-0.2, 0) is 19.0 Å². The summed E-state index contributed by atoms with van der Waals surface area (Å²) in [5.74, 6) is 5.22. The number of allylic oxidation sites excluding steroid dienone is 3. The quantitative estimate of drug-likeness (QED) is 0.0429. The molecule has 5 rings (SSSR count). The normalized spacial score (nSPS) is 35.6. The number of esters is 1. The summed E-state index contributed by atoms with van der Waals surface area (Å²) >= 11 is 0. The maximum Gasteiger partial charge on any atom is 0.305 e. The summed E-state index contributed by atoms with van der Waals surface area (Å²) in [5.41, 5.74) is 2.12. The topological polar surface area (TPSA) is 105 Å². The Balaban J connectivity index is 0.993. The largest absolute Gasteiger partial charge is 0.463 e. The zero-order valence-corrected chi connectivity index (χ0v) is 41.0. The molecule has 7 nitrogen and oxygen atoms in total. The Labute approximate surface area is 380 Å². The number of hydrogen-bond donors (Lipinski definition) is 3. The number of aliphatic hydroxyl groups is 3. The second kappa shape index (κ2) is 25.6. The molecule has 0 amide bonds. The molecule has 358 valence electrons. The first-order valence-electron chi connectivity index (χ1n) is 26.7. The predicted molar refractivity (Wildman–Crippen MR) is 253 cm³/mol. The van der Waals surface area contributed by atoms with E-state index in [1.165, 1.54) is 128 Å².